The lowest BCUT2D eigenvalue weighted by molar-refractivity contribution is -0.384. The molecular weight excluding hydrogens is 246 g/mol. The molecule has 0 bridgehead atoms. The van der Waals surface area contributed by atoms with E-state index in [4.69, 9.17) is 17.0 Å². The van der Waals surface area contributed by atoms with Crippen molar-refractivity contribution in [3.63, 3.8) is 0 Å². The zero-order valence-corrected chi connectivity index (χ0v) is 8.72. The minimum atomic E-state index is -0.658. The summed E-state index contributed by atoms with van der Waals surface area (Å²) in [6.45, 7) is 0. The zero-order valence-electron chi connectivity index (χ0n) is 7.15. The zero-order chi connectivity index (χ0) is 11.4. The highest BCUT2D eigenvalue weighted by molar-refractivity contribution is 7.98. The number of rotatable bonds is 4. The molecular formula is C6H6ClN3O4S. The van der Waals surface area contributed by atoms with E-state index in [-0.39, 0.29) is 27.5 Å². The third kappa shape index (κ3) is 3.22. The predicted molar refractivity (Wildman–Crippen MR) is 54.4 cm³/mol. The summed E-state index contributed by atoms with van der Waals surface area (Å²) in [7, 11) is 0. The maximum Gasteiger partial charge on any atom is 0.296 e. The smallest absolute Gasteiger partial charge is 0.287 e. The van der Waals surface area contributed by atoms with Crippen molar-refractivity contribution in [2.24, 2.45) is 0 Å². The standard InChI is InChI=1S/C6H6ClN3O4S/c7-10(14)15-9(13)6-4-2-1-3-5(6)8(11)12/h1-4,13-14H. The van der Waals surface area contributed by atoms with Crippen LogP contribution in [0, 0.1) is 10.1 Å². The van der Waals surface area contributed by atoms with Gasteiger partial charge in [0.25, 0.3) is 5.69 Å². The third-order valence-corrected chi connectivity index (χ3v) is 2.10. The van der Waals surface area contributed by atoms with Crippen LogP contribution in [0.25, 0.3) is 0 Å². The van der Waals surface area contributed by atoms with E-state index in [1.807, 2.05) is 0 Å². The lowest BCUT2D eigenvalue weighted by atomic mass is 10.3. The molecule has 0 heterocycles. The van der Waals surface area contributed by atoms with Crippen LogP contribution in [-0.4, -0.2) is 19.3 Å². The van der Waals surface area contributed by atoms with Gasteiger partial charge in [0.2, 0.25) is 0 Å². The molecule has 7 nitrogen and oxygen atoms in total. The quantitative estimate of drug-likeness (QED) is 0.367. The largest absolute Gasteiger partial charge is 0.296 e. The van der Waals surface area contributed by atoms with Gasteiger partial charge in [-0.05, 0) is 10.1 Å². The number of nitro groups is 1. The Morgan fingerprint density at radius 2 is 2.00 bits per heavy atom. The van der Waals surface area contributed by atoms with Gasteiger partial charge in [-0.25, -0.2) is 0 Å². The first kappa shape index (κ1) is 12.0. The molecule has 0 spiro atoms. The SMILES string of the molecule is O=[N+]([O-])c1ccccc1N(O)SN(O)Cl. The molecule has 0 aliphatic carbocycles. The minimum absolute atomic E-state index is 0.0906. The average Bonchev–Trinajstić information content (AvgIpc) is 2.16. The van der Waals surface area contributed by atoms with E-state index in [0.717, 1.165) is 0 Å². The van der Waals surface area contributed by atoms with Gasteiger partial charge in [0.1, 0.15) is 12.1 Å². The molecule has 82 valence electrons. The van der Waals surface area contributed by atoms with Gasteiger partial charge < -0.3 is 0 Å². The second-order valence-corrected chi connectivity index (χ2v) is 3.70. The average molecular weight is 252 g/mol. The molecule has 0 aliphatic rings. The Morgan fingerprint density at radius 1 is 1.40 bits per heavy atom. The Kier molecular flexibility index (Phi) is 4.12. The molecule has 0 amide bonds. The maximum absolute atomic E-state index is 10.6. The number of anilines is 1. The summed E-state index contributed by atoms with van der Waals surface area (Å²) in [6.07, 6.45) is 0. The summed E-state index contributed by atoms with van der Waals surface area (Å²) in [4.78, 5) is 9.90. The predicted octanol–water partition coefficient (Wildman–Crippen LogP) is 2.20. The molecule has 0 saturated heterocycles. The van der Waals surface area contributed by atoms with Crippen LogP contribution in [0.1, 0.15) is 0 Å². The molecule has 1 aromatic rings. The highest BCUT2D eigenvalue weighted by Crippen LogP contribution is 2.31. The first-order valence-electron chi connectivity index (χ1n) is 3.57. The highest BCUT2D eigenvalue weighted by atomic mass is 35.5. The van der Waals surface area contributed by atoms with Crippen molar-refractivity contribution in [3.8, 4) is 0 Å². The maximum atomic E-state index is 10.6. The van der Waals surface area contributed by atoms with Crippen LogP contribution >= 0.6 is 23.9 Å². The van der Waals surface area contributed by atoms with Crippen LogP contribution in [0.5, 0.6) is 0 Å². The molecule has 9 heteroatoms. The van der Waals surface area contributed by atoms with Crippen molar-refractivity contribution < 1.29 is 15.3 Å². The normalized spacial score (nSPS) is 10.4. The molecule has 0 saturated carbocycles. The first-order valence-corrected chi connectivity index (χ1v) is 4.64. The Balaban J connectivity index is 2.97. The van der Waals surface area contributed by atoms with E-state index in [0.29, 0.717) is 4.47 Å². The summed E-state index contributed by atoms with van der Waals surface area (Å²) in [5, 5.41) is 28.5. The number of hydrogen-bond donors (Lipinski definition) is 2. The van der Waals surface area contributed by atoms with Gasteiger partial charge in [-0.15, -0.1) is 0 Å². The molecule has 15 heavy (non-hydrogen) atoms. The Hall–Kier alpha value is -1.06. The van der Waals surface area contributed by atoms with Crippen LogP contribution < -0.4 is 4.47 Å². The van der Waals surface area contributed by atoms with Gasteiger partial charge in [0.15, 0.2) is 5.69 Å². The van der Waals surface area contributed by atoms with Crippen LogP contribution in [0.15, 0.2) is 24.3 Å². The van der Waals surface area contributed by atoms with Gasteiger partial charge in [0.05, 0.1) is 4.92 Å². The van der Waals surface area contributed by atoms with E-state index in [2.05, 4.69) is 0 Å². The Morgan fingerprint density at radius 3 is 2.53 bits per heavy atom. The van der Waals surface area contributed by atoms with Crippen molar-refractivity contribution in [3.05, 3.63) is 34.4 Å². The molecule has 0 radical (unpaired) electrons. The van der Waals surface area contributed by atoms with E-state index in [1.54, 1.807) is 0 Å². The van der Waals surface area contributed by atoms with Gasteiger partial charge in [-0.3, -0.25) is 20.5 Å². The lowest BCUT2D eigenvalue weighted by Crippen LogP contribution is -2.14. The van der Waals surface area contributed by atoms with Crippen molar-refractivity contribution in [2.45, 2.75) is 0 Å². The molecule has 1 rings (SSSR count). The molecule has 0 aromatic heterocycles. The monoisotopic (exact) mass is 251 g/mol. The molecule has 1 aromatic carbocycles. The number of nitrogens with zero attached hydrogens (tertiary/aromatic N) is 3. The van der Waals surface area contributed by atoms with Crippen LogP contribution in [-0.2, 0) is 0 Å². The third-order valence-electron chi connectivity index (χ3n) is 1.43. The summed E-state index contributed by atoms with van der Waals surface area (Å²) < 4.78 is 0.474. The van der Waals surface area contributed by atoms with Crippen molar-refractivity contribution in [2.75, 3.05) is 4.47 Å². The number of benzene rings is 1. The van der Waals surface area contributed by atoms with Crippen LogP contribution in [0.4, 0.5) is 11.4 Å². The highest BCUT2D eigenvalue weighted by Gasteiger charge is 2.19. The Labute approximate surface area is 93.9 Å². The topological polar surface area (TPSA) is 90.1 Å². The molecule has 0 unspecified atom stereocenters. The van der Waals surface area contributed by atoms with Crippen molar-refractivity contribution >= 4 is 35.3 Å². The van der Waals surface area contributed by atoms with E-state index >= 15 is 0 Å². The molecule has 0 atom stereocenters. The number of nitro benzene ring substituents is 1. The number of para-hydroxylation sites is 2. The second-order valence-electron chi connectivity index (χ2n) is 2.33. The van der Waals surface area contributed by atoms with Gasteiger partial charge in [0, 0.05) is 17.8 Å². The summed E-state index contributed by atoms with van der Waals surface area (Å²) >= 11 is 5.31. The van der Waals surface area contributed by atoms with Gasteiger partial charge in [-0.2, -0.15) is 4.47 Å². The minimum Gasteiger partial charge on any atom is -0.287 e. The lowest BCUT2D eigenvalue weighted by Gasteiger charge is -2.15. The van der Waals surface area contributed by atoms with Gasteiger partial charge >= 0.3 is 0 Å². The van der Waals surface area contributed by atoms with Gasteiger partial charge in [-0.1, -0.05) is 12.1 Å². The second kappa shape index (κ2) is 5.14. The molecule has 2 N–H and O–H groups in total. The van der Waals surface area contributed by atoms with Crippen molar-refractivity contribution in [1.82, 2.24) is 3.99 Å². The molecule has 0 fully saturated rings. The fourth-order valence-corrected chi connectivity index (χ4v) is 1.43. The summed E-state index contributed by atoms with van der Waals surface area (Å²) in [5.41, 5.74) is -0.391. The first-order chi connectivity index (χ1) is 7.02. The fourth-order valence-electron chi connectivity index (χ4n) is 0.888. The van der Waals surface area contributed by atoms with E-state index in [1.165, 1.54) is 24.3 Å². The summed E-state index contributed by atoms with van der Waals surface area (Å²) in [5.74, 6) is 0. The van der Waals surface area contributed by atoms with Crippen LogP contribution in [0.2, 0.25) is 0 Å². The van der Waals surface area contributed by atoms with E-state index in [9.17, 15) is 15.3 Å². The van der Waals surface area contributed by atoms with E-state index < -0.39 is 4.92 Å². The fraction of sp³-hybridized carbons (Fsp3) is 0. The van der Waals surface area contributed by atoms with Crippen molar-refractivity contribution in [1.29, 1.82) is 0 Å². The number of hydrogen-bond acceptors (Lipinski definition) is 7. The molecule has 0 aliphatic heterocycles. The number of halogens is 1. The van der Waals surface area contributed by atoms with Crippen LogP contribution in [0.3, 0.4) is 0 Å². The Bertz CT molecular complexity index is 364. The summed E-state index contributed by atoms with van der Waals surface area (Å²) in [6, 6.07) is 5.49.